The van der Waals surface area contributed by atoms with E-state index in [4.69, 9.17) is 8.83 Å². The fourth-order valence-corrected chi connectivity index (χ4v) is 5.80. The first-order chi connectivity index (χ1) is 19.8. The Labute approximate surface area is 230 Å². The monoisotopic (exact) mass is 511 g/mol. The number of nitrogens with zero attached hydrogens (tertiary/aromatic N) is 1. The highest BCUT2D eigenvalue weighted by atomic mass is 16.3. The third-order valence-corrected chi connectivity index (χ3v) is 7.73. The summed E-state index contributed by atoms with van der Waals surface area (Å²) >= 11 is 0. The topological polar surface area (TPSA) is 50.1 Å². The van der Waals surface area contributed by atoms with Crippen LogP contribution in [0.1, 0.15) is 5.56 Å². The Balaban J connectivity index is 1.39. The van der Waals surface area contributed by atoms with Crippen LogP contribution < -0.4 is 0 Å². The van der Waals surface area contributed by atoms with Gasteiger partial charge in [-0.2, -0.15) is 5.26 Å². The van der Waals surface area contributed by atoms with Gasteiger partial charge in [-0.25, -0.2) is 0 Å². The average molecular weight is 512 g/mol. The molecule has 0 bridgehead atoms. The molecule has 0 saturated heterocycles. The molecule has 3 heteroatoms. The van der Waals surface area contributed by atoms with E-state index in [2.05, 4.69) is 72.8 Å². The van der Waals surface area contributed by atoms with Crippen LogP contribution in [0.25, 0.3) is 77.3 Å². The predicted molar refractivity (Wildman–Crippen MR) is 162 cm³/mol. The number of hydrogen-bond donors (Lipinski definition) is 0. The maximum absolute atomic E-state index is 10.5. The minimum atomic E-state index is 0.639. The van der Waals surface area contributed by atoms with Crippen molar-refractivity contribution in [1.29, 1.82) is 5.26 Å². The van der Waals surface area contributed by atoms with Crippen LogP contribution in [-0.4, -0.2) is 0 Å². The first-order valence-corrected chi connectivity index (χ1v) is 13.2. The molecule has 0 aliphatic heterocycles. The van der Waals surface area contributed by atoms with Crippen LogP contribution in [0.15, 0.2) is 136 Å². The molecular weight excluding hydrogens is 490 g/mol. The lowest BCUT2D eigenvalue weighted by molar-refractivity contribution is 0.668. The van der Waals surface area contributed by atoms with E-state index < -0.39 is 0 Å². The van der Waals surface area contributed by atoms with E-state index in [9.17, 15) is 5.26 Å². The number of fused-ring (bicyclic) bond motifs is 6. The summed E-state index contributed by atoms with van der Waals surface area (Å²) in [5, 5.41) is 14.8. The maximum Gasteiger partial charge on any atom is 0.136 e. The SMILES string of the molecule is N#Cc1c(-c2ccccc2)cc(-c2ccc3oc4ccccc4c3c2)cc1-c1ccc2c(c1)oc1ccccc12. The number of furan rings is 2. The zero-order valence-corrected chi connectivity index (χ0v) is 21.4. The molecule has 0 fully saturated rings. The fourth-order valence-electron chi connectivity index (χ4n) is 5.80. The van der Waals surface area contributed by atoms with Gasteiger partial charge in [0.15, 0.2) is 0 Å². The summed E-state index contributed by atoms with van der Waals surface area (Å²) in [6.07, 6.45) is 0. The van der Waals surface area contributed by atoms with Gasteiger partial charge in [0.25, 0.3) is 0 Å². The summed E-state index contributed by atoms with van der Waals surface area (Å²) in [5.74, 6) is 0. The van der Waals surface area contributed by atoms with Crippen molar-refractivity contribution in [1.82, 2.24) is 0 Å². The molecule has 0 aliphatic rings. The van der Waals surface area contributed by atoms with E-state index in [1.807, 2.05) is 60.7 Å². The molecule has 8 rings (SSSR count). The van der Waals surface area contributed by atoms with Gasteiger partial charge in [-0.15, -0.1) is 0 Å². The molecule has 0 N–H and O–H groups in total. The zero-order valence-electron chi connectivity index (χ0n) is 21.4. The van der Waals surface area contributed by atoms with Gasteiger partial charge in [0, 0.05) is 32.7 Å². The highest BCUT2D eigenvalue weighted by Crippen LogP contribution is 2.40. The molecule has 0 unspecified atom stereocenters. The van der Waals surface area contributed by atoms with Gasteiger partial charge in [-0.3, -0.25) is 0 Å². The highest BCUT2D eigenvalue weighted by molar-refractivity contribution is 6.07. The number of hydrogen-bond acceptors (Lipinski definition) is 3. The minimum Gasteiger partial charge on any atom is -0.456 e. The van der Waals surface area contributed by atoms with E-state index in [0.717, 1.165) is 77.3 Å². The highest BCUT2D eigenvalue weighted by Gasteiger charge is 2.17. The van der Waals surface area contributed by atoms with Gasteiger partial charge >= 0.3 is 0 Å². The molecule has 0 spiro atoms. The molecule has 0 atom stereocenters. The molecule has 8 aromatic rings. The number of nitriles is 1. The average Bonchev–Trinajstić information content (AvgIpc) is 3.58. The van der Waals surface area contributed by atoms with E-state index in [1.165, 1.54) is 0 Å². The number of benzene rings is 6. The van der Waals surface area contributed by atoms with Crippen LogP contribution in [0, 0.1) is 11.3 Å². The van der Waals surface area contributed by atoms with Crippen molar-refractivity contribution in [3.63, 3.8) is 0 Å². The number of para-hydroxylation sites is 2. The van der Waals surface area contributed by atoms with Crippen LogP contribution in [0.2, 0.25) is 0 Å². The molecule has 6 aromatic carbocycles. The first kappa shape index (κ1) is 22.4. The fraction of sp³-hybridized carbons (Fsp3) is 0. The van der Waals surface area contributed by atoms with E-state index in [-0.39, 0.29) is 0 Å². The van der Waals surface area contributed by atoms with Gasteiger partial charge in [-0.1, -0.05) is 78.9 Å². The first-order valence-electron chi connectivity index (χ1n) is 13.2. The molecule has 3 nitrogen and oxygen atoms in total. The summed E-state index contributed by atoms with van der Waals surface area (Å²) in [7, 11) is 0. The van der Waals surface area contributed by atoms with E-state index in [1.54, 1.807) is 0 Å². The second-order valence-corrected chi connectivity index (χ2v) is 10.0. The van der Waals surface area contributed by atoms with Crippen LogP contribution in [-0.2, 0) is 0 Å². The Bertz CT molecular complexity index is 2280. The standard InChI is InChI=1S/C37H21NO2/c38-22-33-30(23-8-2-1-3-9-23)19-26(24-15-17-36-32(18-24)28-11-5-7-13-35(28)39-36)20-31(33)25-14-16-29-27-10-4-6-12-34(27)40-37(29)21-25/h1-21H. The Morgan fingerprint density at radius 2 is 0.975 bits per heavy atom. The predicted octanol–water partition coefficient (Wildman–Crippen LogP) is 10.4. The Morgan fingerprint density at radius 3 is 1.73 bits per heavy atom. The smallest absolute Gasteiger partial charge is 0.136 e. The summed E-state index contributed by atoms with van der Waals surface area (Å²) in [6.45, 7) is 0. The molecule has 2 aromatic heterocycles. The quantitative estimate of drug-likeness (QED) is 0.237. The zero-order chi connectivity index (χ0) is 26.6. The van der Waals surface area contributed by atoms with Crippen LogP contribution in [0.5, 0.6) is 0 Å². The molecule has 2 heterocycles. The summed E-state index contributed by atoms with van der Waals surface area (Å²) in [6, 6.07) is 45.6. The lowest BCUT2D eigenvalue weighted by Crippen LogP contribution is -1.93. The Hall–Kier alpha value is -5.59. The van der Waals surface area contributed by atoms with Crippen LogP contribution in [0.4, 0.5) is 0 Å². The summed E-state index contributed by atoms with van der Waals surface area (Å²) in [5.41, 5.74) is 9.85. The second-order valence-electron chi connectivity index (χ2n) is 10.0. The molecule has 0 amide bonds. The van der Waals surface area contributed by atoms with Crippen molar-refractivity contribution in [3.8, 4) is 39.4 Å². The third kappa shape index (κ3) is 3.44. The van der Waals surface area contributed by atoms with Gasteiger partial charge in [-0.05, 0) is 70.8 Å². The van der Waals surface area contributed by atoms with Crippen molar-refractivity contribution in [3.05, 3.63) is 133 Å². The lowest BCUT2D eigenvalue weighted by atomic mass is 9.88. The number of rotatable bonds is 3. The Kier molecular flexibility index (Phi) is 4.89. The van der Waals surface area contributed by atoms with E-state index in [0.29, 0.717) is 5.56 Å². The van der Waals surface area contributed by atoms with Gasteiger partial charge < -0.3 is 8.83 Å². The molecule has 0 radical (unpaired) electrons. The van der Waals surface area contributed by atoms with Crippen LogP contribution in [0.3, 0.4) is 0 Å². The summed E-state index contributed by atoms with van der Waals surface area (Å²) < 4.78 is 12.3. The Morgan fingerprint density at radius 1 is 0.400 bits per heavy atom. The van der Waals surface area contributed by atoms with Crippen molar-refractivity contribution in [2.75, 3.05) is 0 Å². The van der Waals surface area contributed by atoms with Crippen molar-refractivity contribution >= 4 is 43.9 Å². The molecule has 0 aliphatic carbocycles. The van der Waals surface area contributed by atoms with Gasteiger partial charge in [0.2, 0.25) is 0 Å². The van der Waals surface area contributed by atoms with Crippen LogP contribution >= 0.6 is 0 Å². The lowest BCUT2D eigenvalue weighted by Gasteiger charge is -2.14. The van der Waals surface area contributed by atoms with Crippen molar-refractivity contribution < 1.29 is 8.83 Å². The minimum absolute atomic E-state index is 0.639. The van der Waals surface area contributed by atoms with Gasteiger partial charge in [0.1, 0.15) is 28.4 Å². The third-order valence-electron chi connectivity index (χ3n) is 7.73. The molecular formula is C37H21NO2. The van der Waals surface area contributed by atoms with Gasteiger partial charge in [0.05, 0.1) is 5.56 Å². The normalized spacial score (nSPS) is 11.5. The molecule has 40 heavy (non-hydrogen) atoms. The molecule has 186 valence electrons. The second kappa shape index (κ2) is 8.73. The largest absolute Gasteiger partial charge is 0.456 e. The van der Waals surface area contributed by atoms with E-state index >= 15 is 0 Å². The van der Waals surface area contributed by atoms with Crippen molar-refractivity contribution in [2.24, 2.45) is 0 Å². The molecule has 0 saturated carbocycles. The maximum atomic E-state index is 10.5. The summed E-state index contributed by atoms with van der Waals surface area (Å²) in [4.78, 5) is 0. The van der Waals surface area contributed by atoms with Crippen molar-refractivity contribution in [2.45, 2.75) is 0 Å².